The van der Waals surface area contributed by atoms with E-state index in [1.54, 1.807) is 0 Å². The first-order valence-corrected chi connectivity index (χ1v) is 7.62. The first-order chi connectivity index (χ1) is 9.77. The van der Waals surface area contributed by atoms with E-state index in [0.29, 0.717) is 6.42 Å². The molecule has 0 saturated carbocycles. The molecule has 0 heterocycles. The lowest BCUT2D eigenvalue weighted by atomic mass is 9.86. The van der Waals surface area contributed by atoms with Gasteiger partial charge in [-0.15, -0.1) is 0 Å². The van der Waals surface area contributed by atoms with Crippen molar-refractivity contribution in [3.8, 4) is 0 Å². The molecule has 21 heavy (non-hydrogen) atoms. The lowest BCUT2D eigenvalue weighted by Gasteiger charge is -2.20. The van der Waals surface area contributed by atoms with Gasteiger partial charge in [0.05, 0.1) is 6.10 Å². The molecule has 2 rings (SSSR count). The Morgan fingerprint density at radius 2 is 1.57 bits per heavy atom. The molecule has 0 aromatic heterocycles. The lowest BCUT2D eigenvalue weighted by molar-refractivity contribution is 0.177. The van der Waals surface area contributed by atoms with E-state index in [4.69, 9.17) is 0 Å². The van der Waals surface area contributed by atoms with E-state index >= 15 is 0 Å². The Morgan fingerprint density at radius 3 is 2.10 bits per heavy atom. The quantitative estimate of drug-likeness (QED) is 0.851. The molecule has 1 atom stereocenters. The molecule has 1 heteroatoms. The van der Waals surface area contributed by atoms with Crippen LogP contribution in [0.25, 0.3) is 0 Å². The molecule has 0 spiro atoms. The molecule has 112 valence electrons. The van der Waals surface area contributed by atoms with Gasteiger partial charge in [0.2, 0.25) is 0 Å². The van der Waals surface area contributed by atoms with Crippen LogP contribution in [-0.4, -0.2) is 5.11 Å². The zero-order valence-electron chi connectivity index (χ0n) is 13.8. The van der Waals surface area contributed by atoms with Gasteiger partial charge < -0.3 is 5.11 Å². The van der Waals surface area contributed by atoms with Crippen LogP contribution in [0.3, 0.4) is 0 Å². The number of aliphatic hydroxyl groups is 1. The van der Waals surface area contributed by atoms with Gasteiger partial charge in [0, 0.05) is 6.42 Å². The van der Waals surface area contributed by atoms with Gasteiger partial charge in [-0.3, -0.25) is 0 Å². The van der Waals surface area contributed by atoms with Crippen LogP contribution in [0.5, 0.6) is 0 Å². The Balaban J connectivity index is 2.14. The smallest absolute Gasteiger partial charge is 0.0832 e. The summed E-state index contributed by atoms with van der Waals surface area (Å²) < 4.78 is 0. The summed E-state index contributed by atoms with van der Waals surface area (Å²) in [6.45, 7) is 10.8. The molecule has 1 N–H and O–H groups in total. The van der Waals surface area contributed by atoms with Crippen LogP contribution >= 0.6 is 0 Å². The van der Waals surface area contributed by atoms with Gasteiger partial charge >= 0.3 is 0 Å². The van der Waals surface area contributed by atoms with Crippen LogP contribution in [0.15, 0.2) is 42.5 Å². The van der Waals surface area contributed by atoms with Crippen LogP contribution in [-0.2, 0) is 11.8 Å². The maximum atomic E-state index is 10.5. The molecule has 0 aliphatic carbocycles. The van der Waals surface area contributed by atoms with Crippen LogP contribution in [0.2, 0.25) is 0 Å². The second kappa shape index (κ2) is 6.03. The molecule has 1 nitrogen and oxygen atoms in total. The van der Waals surface area contributed by atoms with Crippen molar-refractivity contribution in [1.82, 2.24) is 0 Å². The summed E-state index contributed by atoms with van der Waals surface area (Å²) in [6.07, 6.45) is 0.222. The molecule has 0 aliphatic rings. The molecular weight excluding hydrogens is 256 g/mol. The van der Waals surface area contributed by atoms with Crippen LogP contribution in [0.1, 0.15) is 54.7 Å². The second-order valence-corrected chi connectivity index (χ2v) is 7.03. The summed E-state index contributed by atoms with van der Waals surface area (Å²) in [6, 6.07) is 14.8. The number of hydrogen-bond acceptors (Lipinski definition) is 1. The van der Waals surface area contributed by atoms with E-state index in [-0.39, 0.29) is 5.41 Å². The molecule has 0 radical (unpaired) electrons. The van der Waals surface area contributed by atoms with Crippen molar-refractivity contribution in [2.24, 2.45) is 0 Å². The minimum absolute atomic E-state index is 0.171. The van der Waals surface area contributed by atoms with Crippen LogP contribution in [0, 0.1) is 13.8 Å². The third-order valence-corrected chi connectivity index (χ3v) is 4.03. The Hall–Kier alpha value is -1.60. The minimum atomic E-state index is -0.439. The fraction of sp³-hybridized carbons (Fsp3) is 0.400. The molecule has 0 bridgehead atoms. The third-order valence-electron chi connectivity index (χ3n) is 4.03. The number of hydrogen-bond donors (Lipinski definition) is 1. The monoisotopic (exact) mass is 282 g/mol. The van der Waals surface area contributed by atoms with Crippen molar-refractivity contribution in [3.63, 3.8) is 0 Å². The summed E-state index contributed by atoms with van der Waals surface area (Å²) in [5.74, 6) is 0. The lowest BCUT2D eigenvalue weighted by Crippen LogP contribution is -2.11. The SMILES string of the molecule is Cc1ccc(C(O)Cc2ccc(C(C)(C)C)cc2)c(C)c1. The van der Waals surface area contributed by atoms with Crippen molar-refractivity contribution < 1.29 is 5.11 Å². The Kier molecular flexibility index (Phi) is 4.53. The average molecular weight is 282 g/mol. The van der Waals surface area contributed by atoms with E-state index in [2.05, 4.69) is 71.0 Å². The Labute approximate surface area is 128 Å². The van der Waals surface area contributed by atoms with Gasteiger partial charge in [-0.05, 0) is 41.5 Å². The topological polar surface area (TPSA) is 20.2 Å². The number of aryl methyl sites for hydroxylation is 2. The van der Waals surface area contributed by atoms with Crippen LogP contribution < -0.4 is 0 Å². The standard InChI is InChI=1S/C20H26O/c1-14-6-11-18(15(2)12-14)19(21)13-16-7-9-17(10-8-16)20(3,4)5/h6-12,19,21H,13H2,1-5H3. The number of benzene rings is 2. The first-order valence-electron chi connectivity index (χ1n) is 7.62. The summed E-state index contributed by atoms with van der Waals surface area (Å²) in [4.78, 5) is 0. The van der Waals surface area contributed by atoms with Crippen molar-refractivity contribution >= 4 is 0 Å². The fourth-order valence-electron chi connectivity index (χ4n) is 2.67. The van der Waals surface area contributed by atoms with Gasteiger partial charge in [-0.25, -0.2) is 0 Å². The van der Waals surface area contributed by atoms with E-state index in [1.165, 1.54) is 16.7 Å². The fourth-order valence-corrected chi connectivity index (χ4v) is 2.67. The maximum Gasteiger partial charge on any atom is 0.0832 e. The molecule has 1 unspecified atom stereocenters. The predicted octanol–water partition coefficient (Wildman–Crippen LogP) is 4.88. The van der Waals surface area contributed by atoms with Gasteiger partial charge in [-0.2, -0.15) is 0 Å². The molecule has 2 aromatic rings. The number of aliphatic hydroxyl groups excluding tert-OH is 1. The van der Waals surface area contributed by atoms with Gasteiger partial charge in [0.1, 0.15) is 0 Å². The molecule has 0 amide bonds. The molecule has 0 aliphatic heterocycles. The van der Waals surface area contributed by atoms with Crippen LogP contribution in [0.4, 0.5) is 0 Å². The summed E-state index contributed by atoms with van der Waals surface area (Å²) in [5.41, 5.74) is 6.10. The summed E-state index contributed by atoms with van der Waals surface area (Å²) >= 11 is 0. The van der Waals surface area contributed by atoms with Gasteiger partial charge in [0.15, 0.2) is 0 Å². The highest BCUT2D eigenvalue weighted by Crippen LogP contribution is 2.25. The summed E-state index contributed by atoms with van der Waals surface area (Å²) in [5, 5.41) is 10.5. The molecule has 0 fully saturated rings. The van der Waals surface area contributed by atoms with Gasteiger partial charge in [-0.1, -0.05) is 68.8 Å². The summed E-state index contributed by atoms with van der Waals surface area (Å²) in [7, 11) is 0. The highest BCUT2D eigenvalue weighted by Gasteiger charge is 2.14. The van der Waals surface area contributed by atoms with Crippen molar-refractivity contribution in [2.75, 3.05) is 0 Å². The van der Waals surface area contributed by atoms with E-state index < -0.39 is 6.10 Å². The predicted molar refractivity (Wildman–Crippen MR) is 89.7 cm³/mol. The Morgan fingerprint density at radius 1 is 0.952 bits per heavy atom. The van der Waals surface area contributed by atoms with Crippen molar-refractivity contribution in [2.45, 2.75) is 52.6 Å². The van der Waals surface area contributed by atoms with E-state index in [1.807, 2.05) is 6.07 Å². The molecule has 0 saturated heterocycles. The normalized spacial score (nSPS) is 13.2. The number of rotatable bonds is 3. The first kappa shape index (κ1) is 15.8. The third kappa shape index (κ3) is 3.95. The maximum absolute atomic E-state index is 10.5. The van der Waals surface area contributed by atoms with Crippen molar-refractivity contribution in [3.05, 3.63) is 70.3 Å². The largest absolute Gasteiger partial charge is 0.388 e. The van der Waals surface area contributed by atoms with E-state index in [9.17, 15) is 5.11 Å². The van der Waals surface area contributed by atoms with Crippen molar-refractivity contribution in [1.29, 1.82) is 0 Å². The van der Waals surface area contributed by atoms with Gasteiger partial charge in [0.25, 0.3) is 0 Å². The highest BCUT2D eigenvalue weighted by molar-refractivity contribution is 5.34. The average Bonchev–Trinajstić information content (AvgIpc) is 2.38. The second-order valence-electron chi connectivity index (χ2n) is 7.03. The Bertz CT molecular complexity index is 603. The molecular formula is C20H26O. The zero-order valence-corrected chi connectivity index (χ0v) is 13.8. The van der Waals surface area contributed by atoms with E-state index in [0.717, 1.165) is 11.1 Å². The molecule has 2 aromatic carbocycles. The zero-order chi connectivity index (χ0) is 15.6. The highest BCUT2D eigenvalue weighted by atomic mass is 16.3. The minimum Gasteiger partial charge on any atom is -0.388 e.